The van der Waals surface area contributed by atoms with Gasteiger partial charge in [-0.2, -0.15) is 0 Å². The third kappa shape index (κ3) is 4.69. The van der Waals surface area contributed by atoms with Crippen LogP contribution in [0.2, 0.25) is 0 Å². The normalized spacial score (nSPS) is 29.4. The van der Waals surface area contributed by atoms with Crippen LogP contribution in [0.4, 0.5) is 5.69 Å². The molecule has 2 unspecified atom stereocenters. The molecule has 6 rings (SSSR count). The maximum Gasteiger partial charge on any atom is 0.235 e. The van der Waals surface area contributed by atoms with Crippen LogP contribution in [0.25, 0.3) is 10.8 Å². The summed E-state index contributed by atoms with van der Waals surface area (Å²) in [6.07, 6.45) is 3.12. The average molecular weight is 633 g/mol. The fraction of sp³-hybridized carbons (Fsp3) is 0.571. The zero-order valence-electron chi connectivity index (χ0n) is 27.0. The highest BCUT2D eigenvalue weighted by molar-refractivity contribution is 6.32. The number of fused-ring (bicyclic) bond motifs is 4. The van der Waals surface area contributed by atoms with Crippen LogP contribution in [0.3, 0.4) is 0 Å². The minimum Gasteiger partial charge on any atom is -0.507 e. The maximum atomic E-state index is 14.6. The van der Waals surface area contributed by atoms with Gasteiger partial charge in [0.2, 0.25) is 5.91 Å². The van der Waals surface area contributed by atoms with E-state index in [2.05, 4.69) is 29.7 Å². The Hall–Kier alpha value is -3.67. The summed E-state index contributed by atoms with van der Waals surface area (Å²) in [6.45, 7) is 8.34. The Labute approximate surface area is 268 Å². The van der Waals surface area contributed by atoms with Crippen molar-refractivity contribution in [1.82, 2.24) is 9.80 Å². The van der Waals surface area contributed by atoms with Gasteiger partial charge in [0.25, 0.3) is 0 Å². The van der Waals surface area contributed by atoms with Gasteiger partial charge in [-0.1, -0.05) is 26.0 Å². The SMILES string of the molecule is CCCN(CCC)c1c2c(c(O)c3cc(CN4CCC4)ccc13)C(=O)C1C(=O)[C@]3(O)C(=O)C(C(N)=O)C(=O)[C@@H](N(C)C)[C@@H]3C[C@@H]1C2. The zero-order chi connectivity index (χ0) is 33.2. The average Bonchev–Trinajstić information content (AvgIpc) is 2.97. The van der Waals surface area contributed by atoms with Crippen molar-refractivity contribution in [1.29, 1.82) is 0 Å². The summed E-state index contributed by atoms with van der Waals surface area (Å²) in [7, 11) is 3.17. The Morgan fingerprint density at radius 3 is 2.28 bits per heavy atom. The van der Waals surface area contributed by atoms with Crippen molar-refractivity contribution in [2.45, 2.75) is 64.1 Å². The Kier molecular flexibility index (Phi) is 8.31. The van der Waals surface area contributed by atoms with E-state index >= 15 is 0 Å². The molecule has 4 aliphatic rings. The van der Waals surface area contributed by atoms with Gasteiger partial charge < -0.3 is 20.8 Å². The summed E-state index contributed by atoms with van der Waals surface area (Å²) in [5, 5.41) is 25.1. The Bertz CT molecular complexity index is 1640. The number of phenols is 1. The lowest BCUT2D eigenvalue weighted by Crippen LogP contribution is -2.74. The second-order valence-electron chi connectivity index (χ2n) is 13.8. The molecule has 1 aliphatic heterocycles. The summed E-state index contributed by atoms with van der Waals surface area (Å²) >= 11 is 0. The van der Waals surface area contributed by atoms with Crippen LogP contribution in [0, 0.1) is 23.7 Å². The number of likely N-dealkylation sites (N-methyl/N-ethyl adjacent to an activating group) is 1. The number of aromatic hydroxyl groups is 1. The number of primary amides is 1. The summed E-state index contributed by atoms with van der Waals surface area (Å²) in [5.74, 6) is -10.3. The van der Waals surface area contributed by atoms with Gasteiger partial charge in [-0.3, -0.25) is 33.8 Å². The molecule has 2 aromatic carbocycles. The number of amides is 1. The summed E-state index contributed by atoms with van der Waals surface area (Å²) in [6, 6.07) is 4.88. The standard InChI is InChI=1S/C35H44N4O7/c1-5-10-39(11-6-2)27-20-9-8-18(17-38-12-7-13-38)14-21(20)29(40)25-22(27)15-19-16-23-28(37(3)4)31(42)26(34(36)45)33(44)35(23,46)32(43)24(19)30(25)41/h8-9,14,19,23-24,26,28,40,46H,5-7,10-13,15-17H2,1-4H3,(H2,36,45)/t19-,23-,24?,26?,28-,35-/m0/s1. The number of phenolic OH excluding ortho intramolecular Hbond substituents is 1. The number of anilines is 1. The van der Waals surface area contributed by atoms with Gasteiger partial charge in [-0.15, -0.1) is 0 Å². The molecule has 4 N–H and O–H groups in total. The Balaban J connectivity index is 1.54. The topological polar surface area (TPSA) is 162 Å². The minimum atomic E-state index is -2.74. The van der Waals surface area contributed by atoms with Crippen LogP contribution < -0.4 is 10.6 Å². The number of hydrogen-bond donors (Lipinski definition) is 3. The van der Waals surface area contributed by atoms with Gasteiger partial charge in [0.05, 0.1) is 17.5 Å². The van der Waals surface area contributed by atoms with E-state index in [9.17, 15) is 34.2 Å². The largest absolute Gasteiger partial charge is 0.507 e. The third-order valence-corrected chi connectivity index (χ3v) is 10.7. The van der Waals surface area contributed by atoms with Gasteiger partial charge in [0.15, 0.2) is 34.7 Å². The number of likely N-dealkylation sites (tertiary alicyclic amines) is 1. The molecule has 0 spiro atoms. The maximum absolute atomic E-state index is 14.6. The number of carbonyl (C=O) groups excluding carboxylic acids is 5. The van der Waals surface area contributed by atoms with Crippen LogP contribution in [-0.2, 0) is 32.1 Å². The molecule has 0 aromatic heterocycles. The molecule has 3 fully saturated rings. The lowest BCUT2D eigenvalue weighted by molar-refractivity contribution is -0.181. The molecule has 2 saturated carbocycles. The molecule has 246 valence electrons. The van der Waals surface area contributed by atoms with Crippen molar-refractivity contribution in [3.05, 3.63) is 34.9 Å². The highest BCUT2D eigenvalue weighted by Crippen LogP contribution is 2.53. The molecule has 0 bridgehead atoms. The number of nitrogens with zero attached hydrogens (tertiary/aromatic N) is 3. The predicted octanol–water partition coefficient (Wildman–Crippen LogP) is 1.85. The summed E-state index contributed by atoms with van der Waals surface area (Å²) < 4.78 is 0. The quantitative estimate of drug-likeness (QED) is 0.348. The smallest absolute Gasteiger partial charge is 0.235 e. The number of nitrogens with two attached hydrogens (primary N) is 1. The lowest BCUT2D eigenvalue weighted by atomic mass is 9.52. The number of rotatable bonds is 9. The molecule has 46 heavy (non-hydrogen) atoms. The summed E-state index contributed by atoms with van der Waals surface area (Å²) in [4.78, 5) is 74.3. The van der Waals surface area contributed by atoms with Gasteiger partial charge in [0, 0.05) is 42.0 Å². The van der Waals surface area contributed by atoms with Crippen LogP contribution >= 0.6 is 0 Å². The highest BCUT2D eigenvalue weighted by atomic mass is 16.3. The number of Topliss-reactive ketones (excluding diaryl/α,β-unsaturated/α-hetero) is 4. The molecule has 11 heteroatoms. The van der Waals surface area contributed by atoms with Crippen LogP contribution in [0.15, 0.2) is 18.2 Å². The van der Waals surface area contributed by atoms with Crippen molar-refractivity contribution >= 4 is 45.5 Å². The molecular formula is C35H44N4O7. The van der Waals surface area contributed by atoms with Crippen molar-refractivity contribution in [3.8, 4) is 5.75 Å². The first-order valence-corrected chi connectivity index (χ1v) is 16.5. The van der Waals surface area contributed by atoms with Gasteiger partial charge in [-0.25, -0.2) is 0 Å². The van der Waals surface area contributed by atoms with Gasteiger partial charge in [-0.05, 0) is 82.4 Å². The van der Waals surface area contributed by atoms with Crippen LogP contribution in [0.5, 0.6) is 5.75 Å². The molecule has 11 nitrogen and oxygen atoms in total. The Morgan fingerprint density at radius 2 is 1.72 bits per heavy atom. The first-order chi connectivity index (χ1) is 21.9. The van der Waals surface area contributed by atoms with Gasteiger partial charge in [0.1, 0.15) is 5.75 Å². The van der Waals surface area contributed by atoms with Crippen molar-refractivity contribution in [3.63, 3.8) is 0 Å². The molecule has 2 aromatic rings. The van der Waals surface area contributed by atoms with Crippen molar-refractivity contribution in [2.24, 2.45) is 29.4 Å². The number of carbonyl (C=O) groups is 5. The molecule has 3 aliphatic carbocycles. The van der Waals surface area contributed by atoms with E-state index in [0.717, 1.165) is 68.6 Å². The number of hydrogen-bond acceptors (Lipinski definition) is 10. The molecule has 0 radical (unpaired) electrons. The lowest BCUT2D eigenvalue weighted by Gasteiger charge is -2.52. The zero-order valence-corrected chi connectivity index (χ0v) is 27.0. The molecule has 1 heterocycles. The minimum absolute atomic E-state index is 0.0263. The summed E-state index contributed by atoms with van der Waals surface area (Å²) in [5.41, 5.74) is 5.27. The number of aliphatic hydroxyl groups is 1. The second kappa shape index (κ2) is 11.8. The fourth-order valence-electron chi connectivity index (χ4n) is 8.63. The molecule has 1 saturated heterocycles. The monoisotopic (exact) mass is 632 g/mol. The van der Waals surface area contributed by atoms with E-state index in [1.54, 1.807) is 14.1 Å². The van der Waals surface area contributed by atoms with Crippen LogP contribution in [0.1, 0.15) is 61.0 Å². The van der Waals surface area contributed by atoms with Crippen LogP contribution in [-0.4, -0.2) is 101 Å². The van der Waals surface area contributed by atoms with E-state index in [1.165, 1.54) is 4.90 Å². The third-order valence-electron chi connectivity index (χ3n) is 10.7. The molecule has 1 amide bonds. The van der Waals surface area contributed by atoms with Crippen molar-refractivity contribution in [2.75, 3.05) is 45.2 Å². The van der Waals surface area contributed by atoms with Gasteiger partial charge >= 0.3 is 0 Å². The van der Waals surface area contributed by atoms with E-state index in [1.807, 2.05) is 12.1 Å². The molecular weight excluding hydrogens is 588 g/mol. The molecule has 6 atom stereocenters. The van der Waals surface area contributed by atoms with E-state index < -0.39 is 64.4 Å². The number of ketones is 4. The Morgan fingerprint density at radius 1 is 1.04 bits per heavy atom. The number of benzene rings is 2. The van der Waals surface area contributed by atoms with E-state index in [4.69, 9.17) is 5.73 Å². The highest BCUT2D eigenvalue weighted by Gasteiger charge is 2.69. The second-order valence-corrected chi connectivity index (χ2v) is 13.8. The first-order valence-electron chi connectivity index (χ1n) is 16.5. The fourth-order valence-corrected chi connectivity index (χ4v) is 8.63. The predicted molar refractivity (Wildman–Crippen MR) is 172 cm³/mol. The van der Waals surface area contributed by atoms with Crippen molar-refractivity contribution < 1.29 is 34.2 Å². The van der Waals surface area contributed by atoms with E-state index in [0.29, 0.717) is 10.9 Å². The first kappa shape index (κ1) is 32.3. The van der Waals surface area contributed by atoms with E-state index in [-0.39, 0.29) is 24.2 Å².